The highest BCUT2D eigenvalue weighted by atomic mass is 16.5. The molecule has 138 valence electrons. The van der Waals surface area contributed by atoms with E-state index < -0.39 is 0 Å². The maximum atomic E-state index is 11.9. The van der Waals surface area contributed by atoms with Crippen LogP contribution in [0.25, 0.3) is 0 Å². The molecule has 0 aromatic heterocycles. The third kappa shape index (κ3) is 6.33. The Balaban J connectivity index is 1.34. The Hall–Kier alpha value is -1.59. The van der Waals surface area contributed by atoms with E-state index in [1.54, 1.807) is 0 Å². The topological polar surface area (TPSA) is 59.6 Å². The van der Waals surface area contributed by atoms with Crippen LogP contribution in [0.5, 0.6) is 0 Å². The third-order valence-corrected chi connectivity index (χ3v) is 5.16. The Morgan fingerprint density at radius 2 is 1.92 bits per heavy atom. The highest BCUT2D eigenvalue weighted by Gasteiger charge is 2.17. The van der Waals surface area contributed by atoms with Crippen LogP contribution in [0, 0.1) is 5.92 Å². The summed E-state index contributed by atoms with van der Waals surface area (Å²) < 4.78 is 11.3. The van der Waals surface area contributed by atoms with Crippen LogP contribution in [0.4, 0.5) is 4.79 Å². The predicted molar refractivity (Wildman–Crippen MR) is 97.3 cm³/mol. The Kier molecular flexibility index (Phi) is 7.12. The Morgan fingerprint density at radius 1 is 1.12 bits per heavy atom. The van der Waals surface area contributed by atoms with E-state index >= 15 is 0 Å². The molecular weight excluding hydrogens is 316 g/mol. The maximum Gasteiger partial charge on any atom is 0.315 e. The normalized spacial score (nSPS) is 18.6. The summed E-state index contributed by atoms with van der Waals surface area (Å²) in [7, 11) is 0. The lowest BCUT2D eigenvalue weighted by Gasteiger charge is -2.25. The van der Waals surface area contributed by atoms with Crippen molar-refractivity contribution in [2.24, 2.45) is 5.92 Å². The van der Waals surface area contributed by atoms with E-state index in [4.69, 9.17) is 9.47 Å². The zero-order valence-electron chi connectivity index (χ0n) is 15.0. The van der Waals surface area contributed by atoms with Crippen LogP contribution < -0.4 is 10.6 Å². The molecule has 5 heteroatoms. The summed E-state index contributed by atoms with van der Waals surface area (Å²) in [4.78, 5) is 11.9. The molecule has 1 aliphatic carbocycles. The first-order valence-corrected chi connectivity index (χ1v) is 9.58. The Morgan fingerprint density at radius 3 is 2.68 bits per heavy atom. The lowest BCUT2D eigenvalue weighted by Crippen LogP contribution is -2.36. The number of urea groups is 1. The van der Waals surface area contributed by atoms with Crippen LogP contribution in [0.2, 0.25) is 0 Å². The van der Waals surface area contributed by atoms with Crippen molar-refractivity contribution in [3.63, 3.8) is 0 Å². The minimum absolute atomic E-state index is 0.0804. The van der Waals surface area contributed by atoms with E-state index in [0.29, 0.717) is 19.3 Å². The Labute approximate surface area is 150 Å². The first-order chi connectivity index (χ1) is 12.3. The highest BCUT2D eigenvalue weighted by Crippen LogP contribution is 2.28. The van der Waals surface area contributed by atoms with Gasteiger partial charge in [0.05, 0.1) is 12.7 Å². The Bertz CT molecular complexity index is 539. The van der Waals surface area contributed by atoms with E-state index in [9.17, 15) is 4.79 Å². The fraction of sp³-hybridized carbons (Fsp3) is 0.650. The molecule has 0 bridgehead atoms. The maximum absolute atomic E-state index is 11.9. The monoisotopic (exact) mass is 346 g/mol. The van der Waals surface area contributed by atoms with Crippen molar-refractivity contribution in [1.29, 1.82) is 0 Å². The summed E-state index contributed by atoms with van der Waals surface area (Å²) in [6.45, 7) is 3.52. The largest absolute Gasteiger partial charge is 0.381 e. The molecule has 0 atom stereocenters. The summed E-state index contributed by atoms with van der Waals surface area (Å²) in [6.07, 6.45) is 7.36. The fourth-order valence-corrected chi connectivity index (χ4v) is 3.30. The van der Waals surface area contributed by atoms with Gasteiger partial charge in [0.1, 0.15) is 0 Å². The molecule has 1 heterocycles. The van der Waals surface area contributed by atoms with Crippen molar-refractivity contribution in [3.05, 3.63) is 35.4 Å². The van der Waals surface area contributed by atoms with Gasteiger partial charge in [-0.25, -0.2) is 4.79 Å². The number of hydrogen-bond acceptors (Lipinski definition) is 3. The third-order valence-electron chi connectivity index (χ3n) is 5.16. The lowest BCUT2D eigenvalue weighted by molar-refractivity contribution is -0.0390. The summed E-state index contributed by atoms with van der Waals surface area (Å²) in [5.74, 6) is 0.827. The number of hydrogen-bond donors (Lipinski definition) is 2. The summed E-state index contributed by atoms with van der Waals surface area (Å²) >= 11 is 0. The number of ether oxygens (including phenoxy) is 2. The van der Waals surface area contributed by atoms with Gasteiger partial charge in [0.25, 0.3) is 0 Å². The van der Waals surface area contributed by atoms with Crippen molar-refractivity contribution >= 4 is 6.03 Å². The molecule has 5 nitrogen and oxygen atoms in total. The van der Waals surface area contributed by atoms with Crippen molar-refractivity contribution in [2.75, 3.05) is 19.8 Å². The smallest absolute Gasteiger partial charge is 0.315 e. The molecule has 1 aromatic carbocycles. The molecule has 2 aliphatic rings. The van der Waals surface area contributed by atoms with E-state index in [1.807, 2.05) is 12.1 Å². The van der Waals surface area contributed by atoms with Crippen LogP contribution in [0.3, 0.4) is 0 Å². The summed E-state index contributed by atoms with van der Waals surface area (Å²) in [6, 6.07) is 8.15. The molecule has 1 saturated carbocycles. The van der Waals surface area contributed by atoms with E-state index in [1.165, 1.54) is 19.3 Å². The molecule has 2 N–H and O–H groups in total. The minimum atomic E-state index is -0.0804. The summed E-state index contributed by atoms with van der Waals surface area (Å²) in [5, 5.41) is 5.88. The van der Waals surface area contributed by atoms with E-state index in [0.717, 1.165) is 56.1 Å². The SMILES string of the molecule is O=C(NCCC1CCC1)NCc1cccc(COC2CCOCC2)c1. The summed E-state index contributed by atoms with van der Waals surface area (Å²) in [5.41, 5.74) is 2.25. The number of nitrogens with one attached hydrogen (secondary N) is 2. The van der Waals surface area contributed by atoms with Crippen LogP contribution in [-0.2, 0) is 22.6 Å². The molecule has 2 amide bonds. The second-order valence-electron chi connectivity index (χ2n) is 7.14. The zero-order chi connectivity index (χ0) is 17.3. The van der Waals surface area contributed by atoms with Crippen LogP contribution in [-0.4, -0.2) is 31.9 Å². The van der Waals surface area contributed by atoms with Gasteiger partial charge in [-0.3, -0.25) is 0 Å². The number of carbonyl (C=O) groups excluding carboxylic acids is 1. The average molecular weight is 346 g/mol. The van der Waals surface area contributed by atoms with Crippen LogP contribution in [0.15, 0.2) is 24.3 Å². The van der Waals surface area contributed by atoms with Crippen molar-refractivity contribution in [1.82, 2.24) is 10.6 Å². The van der Waals surface area contributed by atoms with Gasteiger partial charge in [-0.2, -0.15) is 0 Å². The first-order valence-electron chi connectivity index (χ1n) is 9.58. The molecule has 0 radical (unpaired) electrons. The first kappa shape index (κ1) is 18.2. The molecule has 0 spiro atoms. The fourth-order valence-electron chi connectivity index (χ4n) is 3.30. The van der Waals surface area contributed by atoms with Crippen molar-refractivity contribution in [3.8, 4) is 0 Å². The van der Waals surface area contributed by atoms with Crippen molar-refractivity contribution < 1.29 is 14.3 Å². The molecule has 1 aliphatic heterocycles. The molecule has 1 saturated heterocycles. The average Bonchev–Trinajstić information content (AvgIpc) is 2.61. The lowest BCUT2D eigenvalue weighted by atomic mass is 9.83. The van der Waals surface area contributed by atoms with Gasteiger partial charge in [-0.15, -0.1) is 0 Å². The highest BCUT2D eigenvalue weighted by molar-refractivity contribution is 5.73. The number of carbonyl (C=O) groups is 1. The zero-order valence-corrected chi connectivity index (χ0v) is 15.0. The van der Waals surface area contributed by atoms with Gasteiger partial charge in [0.15, 0.2) is 0 Å². The van der Waals surface area contributed by atoms with E-state index in [2.05, 4.69) is 22.8 Å². The van der Waals surface area contributed by atoms with Crippen molar-refractivity contribution in [2.45, 2.75) is 57.8 Å². The molecule has 2 fully saturated rings. The predicted octanol–water partition coefficient (Wildman–Crippen LogP) is 3.37. The molecular formula is C20H30N2O3. The van der Waals surface area contributed by atoms with Gasteiger partial charge in [0.2, 0.25) is 0 Å². The molecule has 3 rings (SSSR count). The molecule has 25 heavy (non-hydrogen) atoms. The van der Waals surface area contributed by atoms with Crippen LogP contribution in [0.1, 0.15) is 49.7 Å². The second kappa shape index (κ2) is 9.78. The number of benzene rings is 1. The standard InChI is InChI=1S/C20H30N2O3/c23-20(21-10-7-16-3-1-4-16)22-14-17-5-2-6-18(13-17)15-25-19-8-11-24-12-9-19/h2,5-6,13,16,19H,1,3-4,7-12,14-15H2,(H2,21,22,23). The van der Waals surface area contributed by atoms with Gasteiger partial charge in [-0.1, -0.05) is 43.5 Å². The van der Waals surface area contributed by atoms with Gasteiger partial charge >= 0.3 is 6.03 Å². The van der Waals surface area contributed by atoms with Gasteiger partial charge in [0, 0.05) is 26.3 Å². The molecule has 1 aromatic rings. The van der Waals surface area contributed by atoms with Gasteiger partial charge < -0.3 is 20.1 Å². The quantitative estimate of drug-likeness (QED) is 0.759. The van der Waals surface area contributed by atoms with Crippen LogP contribution >= 0.6 is 0 Å². The number of amides is 2. The van der Waals surface area contributed by atoms with E-state index in [-0.39, 0.29) is 6.03 Å². The van der Waals surface area contributed by atoms with Gasteiger partial charge in [-0.05, 0) is 36.3 Å². The minimum Gasteiger partial charge on any atom is -0.381 e. The number of rotatable bonds is 8. The second-order valence-corrected chi connectivity index (χ2v) is 7.14. The molecule has 0 unspecified atom stereocenters.